The Morgan fingerprint density at radius 3 is 2.85 bits per heavy atom. The second-order valence-corrected chi connectivity index (χ2v) is 4.97. The first-order valence-electron chi connectivity index (χ1n) is 6.36. The zero-order chi connectivity index (χ0) is 14.7. The molecule has 1 aromatic heterocycles. The monoisotopic (exact) mass is 275 g/mol. The SMILES string of the molecule is CC(CN(C)Cc1nc2ccccc2c(=O)[nH]1)C(=O)O. The predicted molar refractivity (Wildman–Crippen MR) is 75.5 cm³/mol. The molecule has 0 bridgehead atoms. The van der Waals surface area contributed by atoms with Crippen molar-refractivity contribution >= 4 is 16.9 Å². The average Bonchev–Trinajstić information content (AvgIpc) is 2.38. The summed E-state index contributed by atoms with van der Waals surface area (Å²) in [5.74, 6) is -0.766. The van der Waals surface area contributed by atoms with Crippen LogP contribution in [0.2, 0.25) is 0 Å². The van der Waals surface area contributed by atoms with Crippen molar-refractivity contribution in [1.29, 1.82) is 0 Å². The van der Waals surface area contributed by atoms with Crippen LogP contribution in [0.15, 0.2) is 29.1 Å². The Morgan fingerprint density at radius 2 is 2.15 bits per heavy atom. The molecule has 0 aliphatic carbocycles. The van der Waals surface area contributed by atoms with E-state index in [1.54, 1.807) is 32.2 Å². The molecule has 2 rings (SSSR count). The summed E-state index contributed by atoms with van der Waals surface area (Å²) in [5, 5.41) is 9.44. The third-order valence-corrected chi connectivity index (χ3v) is 3.09. The van der Waals surface area contributed by atoms with Crippen molar-refractivity contribution in [3.63, 3.8) is 0 Å². The van der Waals surface area contributed by atoms with Crippen molar-refractivity contribution in [2.24, 2.45) is 5.92 Å². The number of nitrogens with zero attached hydrogens (tertiary/aromatic N) is 2. The quantitative estimate of drug-likeness (QED) is 0.852. The van der Waals surface area contributed by atoms with Gasteiger partial charge in [-0.2, -0.15) is 0 Å². The van der Waals surface area contributed by atoms with Crippen molar-refractivity contribution in [2.75, 3.05) is 13.6 Å². The molecule has 1 atom stereocenters. The van der Waals surface area contributed by atoms with E-state index in [0.717, 1.165) is 0 Å². The summed E-state index contributed by atoms with van der Waals surface area (Å²) in [6.45, 7) is 2.44. The maximum atomic E-state index is 11.9. The first-order valence-corrected chi connectivity index (χ1v) is 6.36. The van der Waals surface area contributed by atoms with Crippen LogP contribution in [0.5, 0.6) is 0 Å². The minimum absolute atomic E-state index is 0.176. The number of aromatic amines is 1. The average molecular weight is 275 g/mol. The second-order valence-electron chi connectivity index (χ2n) is 4.97. The smallest absolute Gasteiger partial charge is 0.307 e. The van der Waals surface area contributed by atoms with Crippen molar-refractivity contribution in [3.05, 3.63) is 40.4 Å². The van der Waals surface area contributed by atoms with Gasteiger partial charge in [-0.15, -0.1) is 0 Å². The molecule has 6 nitrogen and oxygen atoms in total. The topological polar surface area (TPSA) is 86.3 Å². The third kappa shape index (κ3) is 3.21. The van der Waals surface area contributed by atoms with Gasteiger partial charge in [-0.1, -0.05) is 19.1 Å². The highest BCUT2D eigenvalue weighted by atomic mass is 16.4. The Hall–Kier alpha value is -2.21. The maximum absolute atomic E-state index is 11.9. The normalized spacial score (nSPS) is 12.8. The molecule has 0 aliphatic rings. The fourth-order valence-corrected chi connectivity index (χ4v) is 2.08. The molecule has 106 valence electrons. The van der Waals surface area contributed by atoms with Crippen molar-refractivity contribution in [1.82, 2.24) is 14.9 Å². The number of carboxylic acids is 1. The molecule has 0 amide bonds. The number of nitrogens with one attached hydrogen (secondary N) is 1. The van der Waals surface area contributed by atoms with Crippen LogP contribution in [0, 0.1) is 5.92 Å². The number of rotatable bonds is 5. The molecule has 0 aliphatic heterocycles. The lowest BCUT2D eigenvalue weighted by molar-refractivity contribution is -0.141. The maximum Gasteiger partial charge on any atom is 0.307 e. The van der Waals surface area contributed by atoms with Gasteiger partial charge in [-0.25, -0.2) is 4.98 Å². The van der Waals surface area contributed by atoms with E-state index in [-0.39, 0.29) is 5.56 Å². The van der Waals surface area contributed by atoms with E-state index < -0.39 is 11.9 Å². The number of para-hydroxylation sites is 1. The number of carboxylic acid groups (broad SMARTS) is 1. The Bertz CT molecular complexity index is 681. The number of fused-ring (bicyclic) bond motifs is 1. The van der Waals surface area contributed by atoms with Gasteiger partial charge in [0.15, 0.2) is 0 Å². The van der Waals surface area contributed by atoms with Gasteiger partial charge in [0.25, 0.3) is 5.56 Å². The Kier molecular flexibility index (Phi) is 4.14. The van der Waals surface area contributed by atoms with Gasteiger partial charge < -0.3 is 10.1 Å². The summed E-state index contributed by atoms with van der Waals surface area (Å²) < 4.78 is 0. The summed E-state index contributed by atoms with van der Waals surface area (Å²) >= 11 is 0. The van der Waals surface area contributed by atoms with Gasteiger partial charge in [0.2, 0.25) is 0 Å². The number of carbonyl (C=O) groups is 1. The number of hydrogen-bond acceptors (Lipinski definition) is 4. The fourth-order valence-electron chi connectivity index (χ4n) is 2.08. The molecule has 1 unspecified atom stereocenters. The lowest BCUT2D eigenvalue weighted by Crippen LogP contribution is -2.29. The molecule has 1 aromatic carbocycles. The van der Waals surface area contributed by atoms with E-state index in [1.807, 2.05) is 11.0 Å². The van der Waals surface area contributed by atoms with Crippen molar-refractivity contribution in [3.8, 4) is 0 Å². The third-order valence-electron chi connectivity index (χ3n) is 3.09. The van der Waals surface area contributed by atoms with E-state index in [2.05, 4.69) is 9.97 Å². The number of aliphatic carboxylic acids is 1. The number of H-pyrrole nitrogens is 1. The molecule has 2 aromatic rings. The summed E-state index contributed by atoms with van der Waals surface area (Å²) in [5.41, 5.74) is 0.469. The number of aromatic nitrogens is 2. The zero-order valence-corrected chi connectivity index (χ0v) is 11.5. The molecular formula is C14H17N3O3. The van der Waals surface area contributed by atoms with E-state index in [0.29, 0.717) is 29.8 Å². The van der Waals surface area contributed by atoms with Crippen LogP contribution in [0.25, 0.3) is 10.9 Å². The van der Waals surface area contributed by atoms with Crippen LogP contribution in [0.1, 0.15) is 12.7 Å². The van der Waals surface area contributed by atoms with Crippen molar-refractivity contribution in [2.45, 2.75) is 13.5 Å². The second kappa shape index (κ2) is 5.83. The molecule has 1 heterocycles. The Balaban J connectivity index is 2.18. The highest BCUT2D eigenvalue weighted by Crippen LogP contribution is 2.07. The first kappa shape index (κ1) is 14.2. The number of hydrogen-bond donors (Lipinski definition) is 2. The minimum Gasteiger partial charge on any atom is -0.481 e. The van der Waals surface area contributed by atoms with E-state index in [1.165, 1.54) is 0 Å². The molecule has 20 heavy (non-hydrogen) atoms. The number of benzene rings is 1. The fraction of sp³-hybridized carbons (Fsp3) is 0.357. The molecule has 0 saturated heterocycles. The molecule has 0 saturated carbocycles. The largest absolute Gasteiger partial charge is 0.481 e. The Morgan fingerprint density at radius 1 is 1.45 bits per heavy atom. The van der Waals surface area contributed by atoms with E-state index in [9.17, 15) is 9.59 Å². The lowest BCUT2D eigenvalue weighted by atomic mass is 10.2. The summed E-state index contributed by atoms with van der Waals surface area (Å²) in [6.07, 6.45) is 0. The van der Waals surface area contributed by atoms with Crippen LogP contribution in [0.3, 0.4) is 0 Å². The predicted octanol–water partition coefficient (Wildman–Crippen LogP) is 1.08. The van der Waals surface area contributed by atoms with E-state index >= 15 is 0 Å². The van der Waals surface area contributed by atoms with Crippen LogP contribution in [-0.4, -0.2) is 39.5 Å². The van der Waals surface area contributed by atoms with Crippen LogP contribution >= 0.6 is 0 Å². The lowest BCUT2D eigenvalue weighted by Gasteiger charge is -2.18. The summed E-state index contributed by atoms with van der Waals surface area (Å²) in [7, 11) is 1.80. The van der Waals surface area contributed by atoms with Gasteiger partial charge in [-0.05, 0) is 19.2 Å². The molecule has 2 N–H and O–H groups in total. The van der Waals surface area contributed by atoms with Gasteiger partial charge in [-0.3, -0.25) is 14.5 Å². The van der Waals surface area contributed by atoms with Gasteiger partial charge in [0.1, 0.15) is 5.82 Å². The highest BCUT2D eigenvalue weighted by molar-refractivity contribution is 5.77. The van der Waals surface area contributed by atoms with Crippen molar-refractivity contribution < 1.29 is 9.90 Å². The summed E-state index contributed by atoms with van der Waals surface area (Å²) in [6, 6.07) is 7.13. The van der Waals surface area contributed by atoms with E-state index in [4.69, 9.17) is 5.11 Å². The Labute approximate surface area is 116 Å². The minimum atomic E-state index is -0.836. The van der Waals surface area contributed by atoms with Crippen LogP contribution in [0.4, 0.5) is 0 Å². The highest BCUT2D eigenvalue weighted by Gasteiger charge is 2.14. The molecule has 6 heteroatoms. The van der Waals surface area contributed by atoms with Gasteiger partial charge >= 0.3 is 5.97 Å². The van der Waals surface area contributed by atoms with Crippen LogP contribution in [-0.2, 0) is 11.3 Å². The summed E-state index contributed by atoms with van der Waals surface area (Å²) in [4.78, 5) is 31.7. The first-order chi connectivity index (χ1) is 9.47. The molecule has 0 radical (unpaired) electrons. The molecule has 0 spiro atoms. The zero-order valence-electron chi connectivity index (χ0n) is 11.5. The van der Waals surface area contributed by atoms with Crippen LogP contribution < -0.4 is 5.56 Å². The molecular weight excluding hydrogens is 258 g/mol. The standard InChI is InChI=1S/C14H17N3O3/c1-9(14(19)20)7-17(2)8-12-15-11-6-4-3-5-10(11)13(18)16-12/h3-6,9H,7-8H2,1-2H3,(H,19,20)(H,15,16,18). The van der Waals surface area contributed by atoms with Gasteiger partial charge in [0, 0.05) is 6.54 Å². The molecule has 0 fully saturated rings. The van der Waals surface area contributed by atoms with Gasteiger partial charge in [0.05, 0.1) is 23.4 Å².